The van der Waals surface area contributed by atoms with Crippen molar-refractivity contribution in [2.45, 2.75) is 6.54 Å². The lowest BCUT2D eigenvalue weighted by Crippen LogP contribution is -2.00. The molecule has 0 aliphatic rings. The van der Waals surface area contributed by atoms with Crippen LogP contribution in [0.25, 0.3) is 0 Å². The van der Waals surface area contributed by atoms with Gasteiger partial charge in [-0.05, 0) is 11.6 Å². The van der Waals surface area contributed by atoms with Gasteiger partial charge in [0.15, 0.2) is 5.82 Å². The Morgan fingerprint density at radius 2 is 2.47 bits per heavy atom. The van der Waals surface area contributed by atoms with Gasteiger partial charge in [-0.1, -0.05) is 6.07 Å². The minimum absolute atomic E-state index is 0.610. The molecule has 2 aromatic rings. The lowest BCUT2D eigenvalue weighted by Gasteiger charge is -2.02. The average Bonchev–Trinajstić information content (AvgIpc) is 2.75. The zero-order valence-corrected chi connectivity index (χ0v) is 8.66. The second kappa shape index (κ2) is 4.53. The van der Waals surface area contributed by atoms with Crippen molar-refractivity contribution >= 4 is 17.2 Å². The number of nitrogens with one attached hydrogen (secondary N) is 1. The summed E-state index contributed by atoms with van der Waals surface area (Å²) in [6.45, 7) is 0.631. The number of nitriles is 1. The molecule has 0 spiro atoms. The first kappa shape index (κ1) is 9.62. The summed E-state index contributed by atoms with van der Waals surface area (Å²) in [5, 5.41) is 11.9. The molecule has 0 unspecified atom stereocenters. The summed E-state index contributed by atoms with van der Waals surface area (Å²) in [4.78, 5) is 8.68. The van der Waals surface area contributed by atoms with E-state index in [9.17, 15) is 0 Å². The zero-order valence-electron chi connectivity index (χ0n) is 7.84. The summed E-state index contributed by atoms with van der Waals surface area (Å²) in [6.07, 6.45) is 3.51. The SMILES string of the molecule is N#Cc1scnc1NCc1cccnc1. The lowest BCUT2D eigenvalue weighted by atomic mass is 10.3. The van der Waals surface area contributed by atoms with Crippen LogP contribution in [0.5, 0.6) is 0 Å². The average molecular weight is 216 g/mol. The van der Waals surface area contributed by atoms with E-state index < -0.39 is 0 Å². The van der Waals surface area contributed by atoms with Gasteiger partial charge in [-0.15, -0.1) is 11.3 Å². The smallest absolute Gasteiger partial charge is 0.155 e. The fourth-order valence-electron chi connectivity index (χ4n) is 1.14. The minimum Gasteiger partial charge on any atom is -0.364 e. The van der Waals surface area contributed by atoms with Crippen molar-refractivity contribution in [1.29, 1.82) is 5.26 Å². The molecular weight excluding hydrogens is 208 g/mol. The molecule has 0 radical (unpaired) electrons. The highest BCUT2D eigenvalue weighted by Gasteiger charge is 2.03. The quantitative estimate of drug-likeness (QED) is 0.852. The van der Waals surface area contributed by atoms with Crippen LogP contribution < -0.4 is 5.32 Å². The standard InChI is InChI=1S/C10H8N4S/c11-4-9-10(14-7-15-9)13-6-8-2-1-3-12-5-8/h1-3,5,7,13H,6H2. The molecular formula is C10H8N4S. The van der Waals surface area contributed by atoms with Gasteiger partial charge in [0, 0.05) is 18.9 Å². The van der Waals surface area contributed by atoms with Crippen LogP contribution in [-0.4, -0.2) is 9.97 Å². The highest BCUT2D eigenvalue weighted by molar-refractivity contribution is 7.10. The molecule has 0 aromatic carbocycles. The molecule has 5 heteroatoms. The van der Waals surface area contributed by atoms with Crippen LogP contribution in [0.1, 0.15) is 10.4 Å². The summed E-state index contributed by atoms with van der Waals surface area (Å²) in [5.74, 6) is 0.645. The second-order valence-corrected chi connectivity index (χ2v) is 3.71. The Morgan fingerprint density at radius 3 is 3.20 bits per heavy atom. The molecule has 74 valence electrons. The Morgan fingerprint density at radius 1 is 1.53 bits per heavy atom. The molecule has 0 aliphatic carbocycles. The van der Waals surface area contributed by atoms with E-state index in [1.165, 1.54) is 11.3 Å². The largest absolute Gasteiger partial charge is 0.364 e. The summed E-state index contributed by atoms with van der Waals surface area (Å²) in [7, 11) is 0. The number of nitrogens with zero attached hydrogens (tertiary/aromatic N) is 3. The predicted molar refractivity (Wildman–Crippen MR) is 58.4 cm³/mol. The van der Waals surface area contributed by atoms with Crippen molar-refractivity contribution in [1.82, 2.24) is 9.97 Å². The highest BCUT2D eigenvalue weighted by Crippen LogP contribution is 2.17. The zero-order chi connectivity index (χ0) is 10.5. The number of hydrogen-bond donors (Lipinski definition) is 1. The molecule has 0 amide bonds. The van der Waals surface area contributed by atoms with Crippen LogP contribution in [0.4, 0.5) is 5.82 Å². The summed E-state index contributed by atoms with van der Waals surface area (Å²) >= 11 is 1.33. The Kier molecular flexibility index (Phi) is 2.90. The first-order valence-electron chi connectivity index (χ1n) is 4.36. The molecule has 0 aliphatic heterocycles. The molecule has 0 atom stereocenters. The predicted octanol–water partition coefficient (Wildman–Crippen LogP) is 2.02. The molecule has 4 nitrogen and oxygen atoms in total. The number of anilines is 1. The molecule has 1 N–H and O–H groups in total. The topological polar surface area (TPSA) is 61.6 Å². The van der Waals surface area contributed by atoms with Gasteiger partial charge in [0.2, 0.25) is 0 Å². The van der Waals surface area contributed by atoms with E-state index in [4.69, 9.17) is 5.26 Å². The van der Waals surface area contributed by atoms with Crippen LogP contribution >= 0.6 is 11.3 Å². The Balaban J connectivity index is 2.03. The fraction of sp³-hybridized carbons (Fsp3) is 0.100. The number of thiazole rings is 1. The van der Waals surface area contributed by atoms with Crippen molar-refractivity contribution in [3.8, 4) is 6.07 Å². The maximum absolute atomic E-state index is 8.77. The number of pyridine rings is 1. The van der Waals surface area contributed by atoms with Crippen molar-refractivity contribution < 1.29 is 0 Å². The molecule has 2 aromatic heterocycles. The number of rotatable bonds is 3. The van der Waals surface area contributed by atoms with Crippen LogP contribution in [0.15, 0.2) is 30.0 Å². The van der Waals surface area contributed by atoms with Gasteiger partial charge in [0.25, 0.3) is 0 Å². The number of aromatic nitrogens is 2. The van der Waals surface area contributed by atoms with Crippen LogP contribution in [-0.2, 0) is 6.54 Å². The summed E-state index contributed by atoms with van der Waals surface area (Å²) in [5.41, 5.74) is 2.72. The van der Waals surface area contributed by atoms with Crippen molar-refractivity contribution in [2.24, 2.45) is 0 Å². The van der Waals surface area contributed by atoms with Gasteiger partial charge < -0.3 is 5.32 Å². The molecule has 2 rings (SSSR count). The van der Waals surface area contributed by atoms with E-state index >= 15 is 0 Å². The first-order chi connectivity index (χ1) is 7.40. The van der Waals surface area contributed by atoms with Crippen molar-refractivity contribution in [3.05, 3.63) is 40.5 Å². The van der Waals surface area contributed by atoms with Crippen molar-refractivity contribution in [2.75, 3.05) is 5.32 Å². The van der Waals surface area contributed by atoms with Gasteiger partial charge >= 0.3 is 0 Å². The monoisotopic (exact) mass is 216 g/mol. The van der Waals surface area contributed by atoms with E-state index in [0.29, 0.717) is 17.2 Å². The third kappa shape index (κ3) is 2.30. The number of hydrogen-bond acceptors (Lipinski definition) is 5. The minimum atomic E-state index is 0.610. The van der Waals surface area contributed by atoms with E-state index in [0.717, 1.165) is 5.56 Å². The molecule has 0 bridgehead atoms. The summed E-state index contributed by atoms with van der Waals surface area (Å²) in [6, 6.07) is 5.94. The second-order valence-electron chi connectivity index (χ2n) is 2.86. The van der Waals surface area contributed by atoms with Crippen LogP contribution in [0.2, 0.25) is 0 Å². The van der Waals surface area contributed by atoms with Gasteiger partial charge in [-0.2, -0.15) is 5.26 Å². The molecule has 0 fully saturated rings. The van der Waals surface area contributed by atoms with Gasteiger partial charge in [0.05, 0.1) is 5.51 Å². The molecule has 0 saturated carbocycles. The first-order valence-corrected chi connectivity index (χ1v) is 5.24. The Hall–Kier alpha value is -1.93. The van der Waals surface area contributed by atoms with Gasteiger partial charge in [-0.3, -0.25) is 4.98 Å². The Labute approximate surface area is 91.2 Å². The molecule has 2 heterocycles. The molecule has 0 saturated heterocycles. The van der Waals surface area contributed by atoms with E-state index in [2.05, 4.69) is 21.4 Å². The lowest BCUT2D eigenvalue weighted by molar-refractivity contribution is 1.09. The van der Waals surface area contributed by atoms with Gasteiger partial charge in [0.1, 0.15) is 10.9 Å². The third-order valence-electron chi connectivity index (χ3n) is 1.85. The van der Waals surface area contributed by atoms with E-state index in [1.54, 1.807) is 17.9 Å². The van der Waals surface area contributed by atoms with Crippen molar-refractivity contribution in [3.63, 3.8) is 0 Å². The Bertz CT molecular complexity index is 472. The van der Waals surface area contributed by atoms with Gasteiger partial charge in [-0.25, -0.2) is 4.98 Å². The maximum Gasteiger partial charge on any atom is 0.155 e. The maximum atomic E-state index is 8.77. The van der Waals surface area contributed by atoms with Crippen LogP contribution in [0.3, 0.4) is 0 Å². The highest BCUT2D eigenvalue weighted by atomic mass is 32.1. The molecule has 15 heavy (non-hydrogen) atoms. The normalized spacial score (nSPS) is 9.53. The van der Waals surface area contributed by atoms with E-state index in [-0.39, 0.29) is 0 Å². The van der Waals surface area contributed by atoms with E-state index in [1.807, 2.05) is 12.1 Å². The third-order valence-corrected chi connectivity index (χ3v) is 2.58. The fourth-order valence-corrected chi connectivity index (χ4v) is 1.69. The summed E-state index contributed by atoms with van der Waals surface area (Å²) < 4.78 is 0. The van der Waals surface area contributed by atoms with Crippen LogP contribution in [0, 0.1) is 11.3 Å².